The van der Waals surface area contributed by atoms with Crippen molar-refractivity contribution >= 4 is 32.2 Å². The molecule has 0 bridgehead atoms. The van der Waals surface area contributed by atoms with Gasteiger partial charge < -0.3 is 4.90 Å². The topological polar surface area (TPSA) is 63.2 Å². The first-order valence-corrected chi connectivity index (χ1v) is 9.64. The Labute approximate surface area is 140 Å². The molecule has 122 valence electrons. The Balaban J connectivity index is 1.94. The molecule has 0 N–H and O–H groups in total. The summed E-state index contributed by atoms with van der Waals surface area (Å²) in [5, 5.41) is 0.759. The van der Waals surface area contributed by atoms with Crippen LogP contribution in [0.1, 0.15) is 11.1 Å². The van der Waals surface area contributed by atoms with E-state index in [9.17, 15) is 8.42 Å². The van der Waals surface area contributed by atoms with Crippen LogP contribution in [0, 0.1) is 6.92 Å². The highest BCUT2D eigenvalue weighted by molar-refractivity contribution is 7.90. The van der Waals surface area contributed by atoms with E-state index in [1.807, 2.05) is 0 Å². The van der Waals surface area contributed by atoms with Gasteiger partial charge in [0.1, 0.15) is 12.1 Å². The van der Waals surface area contributed by atoms with Crippen LogP contribution in [-0.2, 0) is 16.3 Å². The molecule has 0 amide bonds. The molecule has 4 rings (SSSR count). The zero-order valence-electron chi connectivity index (χ0n) is 13.5. The van der Waals surface area contributed by atoms with Crippen molar-refractivity contribution in [2.75, 3.05) is 17.7 Å². The summed E-state index contributed by atoms with van der Waals surface area (Å²) in [4.78, 5) is 11.2. The molecule has 0 aliphatic carbocycles. The molecular formula is C18H17N3O2S. The van der Waals surface area contributed by atoms with Crippen molar-refractivity contribution in [3.05, 3.63) is 53.9 Å². The Hall–Kier alpha value is -2.47. The van der Waals surface area contributed by atoms with E-state index >= 15 is 0 Å². The highest BCUT2D eigenvalue weighted by atomic mass is 32.2. The molecule has 0 unspecified atom stereocenters. The highest BCUT2D eigenvalue weighted by Crippen LogP contribution is 2.37. The molecule has 5 nitrogen and oxygen atoms in total. The van der Waals surface area contributed by atoms with E-state index in [0.717, 1.165) is 35.4 Å². The van der Waals surface area contributed by atoms with E-state index in [4.69, 9.17) is 0 Å². The SMILES string of the molecule is Cc1ccc2c(c1)N(c1ncnc3ccc(S(C)(=O)=O)cc13)CC2. The fourth-order valence-corrected chi connectivity index (χ4v) is 3.82. The Morgan fingerprint density at radius 3 is 2.71 bits per heavy atom. The van der Waals surface area contributed by atoms with Crippen LogP contribution >= 0.6 is 0 Å². The van der Waals surface area contributed by atoms with E-state index < -0.39 is 9.84 Å². The number of anilines is 2. The molecule has 2 heterocycles. The van der Waals surface area contributed by atoms with Crippen LogP contribution in [-0.4, -0.2) is 31.2 Å². The van der Waals surface area contributed by atoms with Crippen molar-refractivity contribution in [3.8, 4) is 0 Å². The van der Waals surface area contributed by atoms with Gasteiger partial charge in [-0.3, -0.25) is 0 Å². The van der Waals surface area contributed by atoms with Crippen molar-refractivity contribution in [1.29, 1.82) is 0 Å². The van der Waals surface area contributed by atoms with Gasteiger partial charge >= 0.3 is 0 Å². The maximum absolute atomic E-state index is 11.9. The maximum atomic E-state index is 11.9. The zero-order chi connectivity index (χ0) is 16.9. The largest absolute Gasteiger partial charge is 0.325 e. The van der Waals surface area contributed by atoms with Crippen LogP contribution in [0.25, 0.3) is 10.9 Å². The number of aryl methyl sites for hydroxylation is 1. The van der Waals surface area contributed by atoms with Crippen LogP contribution in [0.3, 0.4) is 0 Å². The molecule has 0 radical (unpaired) electrons. The Bertz CT molecular complexity index is 1060. The normalized spacial score (nSPS) is 14.2. The minimum absolute atomic E-state index is 0.287. The minimum atomic E-state index is -3.28. The van der Waals surface area contributed by atoms with Crippen LogP contribution < -0.4 is 4.90 Å². The molecule has 0 fully saturated rings. The fourth-order valence-electron chi connectivity index (χ4n) is 3.18. The van der Waals surface area contributed by atoms with Crippen molar-refractivity contribution in [2.24, 2.45) is 0 Å². The first-order valence-electron chi connectivity index (χ1n) is 7.75. The van der Waals surface area contributed by atoms with Crippen molar-refractivity contribution < 1.29 is 8.42 Å². The van der Waals surface area contributed by atoms with Crippen LogP contribution in [0.2, 0.25) is 0 Å². The fraction of sp³-hybridized carbons (Fsp3) is 0.222. The van der Waals surface area contributed by atoms with E-state index in [0.29, 0.717) is 0 Å². The lowest BCUT2D eigenvalue weighted by Crippen LogP contribution is -2.15. The lowest BCUT2D eigenvalue weighted by molar-refractivity contribution is 0.602. The Kier molecular flexibility index (Phi) is 3.31. The molecule has 24 heavy (non-hydrogen) atoms. The van der Waals surface area contributed by atoms with Gasteiger partial charge in [-0.1, -0.05) is 12.1 Å². The second kappa shape index (κ2) is 5.27. The van der Waals surface area contributed by atoms with E-state index in [2.05, 4.69) is 40.0 Å². The molecule has 0 spiro atoms. The van der Waals surface area contributed by atoms with Crippen LogP contribution in [0.15, 0.2) is 47.6 Å². The van der Waals surface area contributed by atoms with Gasteiger partial charge in [0.05, 0.1) is 10.4 Å². The number of rotatable bonds is 2. The summed E-state index contributed by atoms with van der Waals surface area (Å²) in [5.74, 6) is 0.759. The summed E-state index contributed by atoms with van der Waals surface area (Å²) in [5.41, 5.74) is 4.36. The molecule has 0 atom stereocenters. The number of hydrogen-bond acceptors (Lipinski definition) is 5. The number of fused-ring (bicyclic) bond motifs is 2. The van der Waals surface area contributed by atoms with Crippen LogP contribution in [0.4, 0.5) is 11.5 Å². The van der Waals surface area contributed by atoms with Crippen molar-refractivity contribution in [1.82, 2.24) is 9.97 Å². The first-order chi connectivity index (χ1) is 11.4. The molecule has 1 aliphatic heterocycles. The molecule has 3 aromatic rings. The van der Waals surface area contributed by atoms with Gasteiger partial charge in [-0.25, -0.2) is 18.4 Å². The summed E-state index contributed by atoms with van der Waals surface area (Å²) in [6.07, 6.45) is 3.70. The predicted octanol–water partition coefficient (Wildman–Crippen LogP) is 3.04. The number of aromatic nitrogens is 2. The lowest BCUT2D eigenvalue weighted by atomic mass is 10.1. The number of hydrogen-bond donors (Lipinski definition) is 0. The second-order valence-electron chi connectivity index (χ2n) is 6.18. The summed E-state index contributed by atoms with van der Waals surface area (Å²) in [6.45, 7) is 2.89. The molecule has 1 aliphatic rings. The van der Waals surface area contributed by atoms with Gasteiger partial charge in [0, 0.05) is 23.9 Å². The monoisotopic (exact) mass is 339 g/mol. The summed E-state index contributed by atoms with van der Waals surface area (Å²) < 4.78 is 23.8. The van der Waals surface area contributed by atoms with E-state index in [1.165, 1.54) is 23.7 Å². The standard InChI is InChI=1S/C18H17N3O2S/c1-12-3-4-13-7-8-21(17(13)9-12)18-15-10-14(24(2,22)23)5-6-16(15)19-11-20-18/h3-6,9-11H,7-8H2,1-2H3. The Morgan fingerprint density at radius 1 is 1.08 bits per heavy atom. The average molecular weight is 339 g/mol. The molecular weight excluding hydrogens is 322 g/mol. The quantitative estimate of drug-likeness (QED) is 0.718. The number of benzene rings is 2. The Morgan fingerprint density at radius 2 is 1.92 bits per heavy atom. The lowest BCUT2D eigenvalue weighted by Gasteiger charge is -2.20. The smallest absolute Gasteiger partial charge is 0.175 e. The third-order valence-corrected chi connectivity index (χ3v) is 5.52. The van der Waals surface area contributed by atoms with Crippen LogP contribution in [0.5, 0.6) is 0 Å². The second-order valence-corrected chi connectivity index (χ2v) is 8.20. The third kappa shape index (κ3) is 2.43. The predicted molar refractivity (Wildman–Crippen MR) is 94.5 cm³/mol. The van der Waals surface area contributed by atoms with Gasteiger partial charge in [-0.15, -0.1) is 0 Å². The number of sulfone groups is 1. The van der Waals surface area contributed by atoms with E-state index in [1.54, 1.807) is 18.2 Å². The van der Waals surface area contributed by atoms with Gasteiger partial charge in [0.15, 0.2) is 9.84 Å². The molecule has 0 saturated carbocycles. The van der Waals surface area contributed by atoms with Gasteiger partial charge in [-0.05, 0) is 48.7 Å². The summed E-state index contributed by atoms with van der Waals surface area (Å²) >= 11 is 0. The van der Waals surface area contributed by atoms with E-state index in [-0.39, 0.29) is 4.90 Å². The molecule has 6 heteroatoms. The summed E-state index contributed by atoms with van der Waals surface area (Å²) in [7, 11) is -3.28. The van der Waals surface area contributed by atoms with Gasteiger partial charge in [-0.2, -0.15) is 0 Å². The molecule has 1 aromatic heterocycles. The van der Waals surface area contributed by atoms with Gasteiger partial charge in [0.2, 0.25) is 0 Å². The molecule has 2 aromatic carbocycles. The third-order valence-electron chi connectivity index (χ3n) is 4.41. The molecule has 0 saturated heterocycles. The summed E-state index contributed by atoms with van der Waals surface area (Å²) in [6, 6.07) is 11.4. The van der Waals surface area contributed by atoms with Gasteiger partial charge in [0.25, 0.3) is 0 Å². The highest BCUT2D eigenvalue weighted by Gasteiger charge is 2.23. The minimum Gasteiger partial charge on any atom is -0.325 e. The number of nitrogens with zero attached hydrogens (tertiary/aromatic N) is 3. The average Bonchev–Trinajstić information content (AvgIpc) is 2.95. The maximum Gasteiger partial charge on any atom is 0.175 e. The van der Waals surface area contributed by atoms with Crippen molar-refractivity contribution in [3.63, 3.8) is 0 Å². The first kappa shape index (κ1) is 15.1. The van der Waals surface area contributed by atoms with Crippen molar-refractivity contribution in [2.45, 2.75) is 18.2 Å². The zero-order valence-corrected chi connectivity index (χ0v) is 14.3.